The van der Waals surface area contributed by atoms with Crippen LogP contribution in [0.25, 0.3) is 0 Å². The number of aromatic nitrogens is 2. The van der Waals surface area contributed by atoms with E-state index in [1.54, 1.807) is 0 Å². The van der Waals surface area contributed by atoms with Gasteiger partial charge in [-0.25, -0.2) is 0 Å². The molecule has 0 aromatic carbocycles. The predicted molar refractivity (Wildman–Crippen MR) is 91.5 cm³/mol. The van der Waals surface area contributed by atoms with Crippen LogP contribution in [0.3, 0.4) is 0 Å². The van der Waals surface area contributed by atoms with E-state index in [2.05, 4.69) is 15.0 Å². The molecular weight excluding hydrogens is 322 g/mol. The lowest BCUT2D eigenvalue weighted by Crippen LogP contribution is -2.49. The molecule has 0 spiro atoms. The fourth-order valence-electron chi connectivity index (χ4n) is 3.64. The standard InChI is InChI=1S/C17H29N5O3/c1-3-24-12(2)16-19-15(25-20-16)11-21-6-8-22(9-7-21)17(23)13-4-5-14(18)10-13/h12-14H,3-11,18H2,1-2H3. The molecule has 140 valence electrons. The van der Waals surface area contributed by atoms with Gasteiger partial charge in [0.25, 0.3) is 0 Å². The largest absolute Gasteiger partial charge is 0.371 e. The number of piperazine rings is 1. The third-order valence-corrected chi connectivity index (χ3v) is 5.13. The topological polar surface area (TPSA) is 97.7 Å². The molecule has 2 fully saturated rings. The smallest absolute Gasteiger partial charge is 0.240 e. The first kappa shape index (κ1) is 18.3. The molecule has 1 saturated carbocycles. The van der Waals surface area contributed by atoms with Crippen molar-refractivity contribution in [2.75, 3.05) is 32.8 Å². The normalized spacial score (nSPS) is 26.1. The van der Waals surface area contributed by atoms with Crippen LogP contribution in [0.1, 0.15) is 50.9 Å². The molecule has 1 saturated heterocycles. The maximum atomic E-state index is 12.5. The molecule has 1 aliphatic carbocycles. The Labute approximate surface area is 148 Å². The number of rotatable bonds is 6. The zero-order valence-electron chi connectivity index (χ0n) is 15.2. The van der Waals surface area contributed by atoms with E-state index in [1.165, 1.54) is 0 Å². The van der Waals surface area contributed by atoms with Gasteiger partial charge in [0.1, 0.15) is 6.10 Å². The minimum Gasteiger partial charge on any atom is -0.371 e. The Morgan fingerprint density at radius 3 is 2.76 bits per heavy atom. The van der Waals surface area contributed by atoms with E-state index in [4.69, 9.17) is 15.0 Å². The second kappa shape index (κ2) is 8.25. The van der Waals surface area contributed by atoms with Gasteiger partial charge in [0, 0.05) is 44.7 Å². The second-order valence-electron chi connectivity index (χ2n) is 7.02. The Balaban J connectivity index is 1.45. The third kappa shape index (κ3) is 4.56. The Morgan fingerprint density at radius 1 is 1.36 bits per heavy atom. The molecule has 3 atom stereocenters. The molecule has 2 heterocycles. The van der Waals surface area contributed by atoms with Crippen LogP contribution in [0.2, 0.25) is 0 Å². The first-order valence-electron chi connectivity index (χ1n) is 9.27. The number of hydrogen-bond donors (Lipinski definition) is 1. The zero-order chi connectivity index (χ0) is 17.8. The highest BCUT2D eigenvalue weighted by Gasteiger charge is 2.32. The van der Waals surface area contributed by atoms with Gasteiger partial charge in [0.15, 0.2) is 5.82 Å². The van der Waals surface area contributed by atoms with Crippen molar-refractivity contribution < 1.29 is 14.1 Å². The maximum absolute atomic E-state index is 12.5. The van der Waals surface area contributed by atoms with E-state index in [0.717, 1.165) is 45.4 Å². The summed E-state index contributed by atoms with van der Waals surface area (Å²) < 4.78 is 10.8. The van der Waals surface area contributed by atoms with Gasteiger partial charge in [0.05, 0.1) is 6.54 Å². The molecule has 2 aliphatic rings. The van der Waals surface area contributed by atoms with Gasteiger partial charge in [-0.15, -0.1) is 0 Å². The third-order valence-electron chi connectivity index (χ3n) is 5.13. The van der Waals surface area contributed by atoms with Crippen LogP contribution >= 0.6 is 0 Å². The summed E-state index contributed by atoms with van der Waals surface area (Å²) in [5.41, 5.74) is 5.93. The number of carbonyl (C=O) groups is 1. The summed E-state index contributed by atoms with van der Waals surface area (Å²) in [5, 5.41) is 3.99. The summed E-state index contributed by atoms with van der Waals surface area (Å²) in [5.74, 6) is 1.59. The van der Waals surface area contributed by atoms with Gasteiger partial charge >= 0.3 is 0 Å². The van der Waals surface area contributed by atoms with Crippen LogP contribution in [0.4, 0.5) is 0 Å². The van der Waals surface area contributed by atoms with Crippen molar-refractivity contribution in [1.82, 2.24) is 19.9 Å². The van der Waals surface area contributed by atoms with E-state index >= 15 is 0 Å². The lowest BCUT2D eigenvalue weighted by Gasteiger charge is -2.35. The van der Waals surface area contributed by atoms with Gasteiger partial charge in [0.2, 0.25) is 11.8 Å². The first-order valence-corrected chi connectivity index (χ1v) is 9.27. The van der Waals surface area contributed by atoms with Crippen molar-refractivity contribution in [2.24, 2.45) is 11.7 Å². The summed E-state index contributed by atoms with van der Waals surface area (Å²) in [6.07, 6.45) is 2.58. The van der Waals surface area contributed by atoms with Crippen molar-refractivity contribution in [2.45, 2.75) is 51.8 Å². The molecule has 2 N–H and O–H groups in total. The van der Waals surface area contributed by atoms with Crippen LogP contribution in [0.15, 0.2) is 4.52 Å². The van der Waals surface area contributed by atoms with Crippen molar-refractivity contribution in [3.63, 3.8) is 0 Å². The quantitative estimate of drug-likeness (QED) is 0.814. The highest BCUT2D eigenvalue weighted by molar-refractivity contribution is 5.79. The lowest BCUT2D eigenvalue weighted by atomic mass is 10.1. The highest BCUT2D eigenvalue weighted by atomic mass is 16.5. The monoisotopic (exact) mass is 351 g/mol. The molecule has 3 unspecified atom stereocenters. The molecule has 1 aliphatic heterocycles. The molecular formula is C17H29N5O3. The van der Waals surface area contributed by atoms with Gasteiger partial charge in [-0.1, -0.05) is 5.16 Å². The van der Waals surface area contributed by atoms with E-state index in [0.29, 0.717) is 24.9 Å². The molecule has 1 aromatic rings. The van der Waals surface area contributed by atoms with Crippen LogP contribution in [-0.2, 0) is 16.1 Å². The van der Waals surface area contributed by atoms with Gasteiger partial charge < -0.3 is 19.9 Å². The molecule has 8 nitrogen and oxygen atoms in total. The van der Waals surface area contributed by atoms with Crippen LogP contribution in [0.5, 0.6) is 0 Å². The Kier molecular flexibility index (Phi) is 6.03. The average Bonchev–Trinajstić information content (AvgIpc) is 3.24. The number of carbonyl (C=O) groups excluding carboxylic acids is 1. The highest BCUT2D eigenvalue weighted by Crippen LogP contribution is 2.26. The summed E-state index contributed by atoms with van der Waals surface area (Å²) in [7, 11) is 0. The molecule has 1 amide bonds. The van der Waals surface area contributed by atoms with Crippen molar-refractivity contribution in [3.8, 4) is 0 Å². The lowest BCUT2D eigenvalue weighted by molar-refractivity contribution is -0.137. The maximum Gasteiger partial charge on any atom is 0.240 e. The minimum atomic E-state index is -0.158. The summed E-state index contributed by atoms with van der Waals surface area (Å²) in [6.45, 7) is 8.23. The van der Waals surface area contributed by atoms with Crippen LogP contribution in [-0.4, -0.2) is 64.7 Å². The first-order chi connectivity index (χ1) is 12.1. The van der Waals surface area contributed by atoms with Gasteiger partial charge in [-0.3, -0.25) is 9.69 Å². The average molecular weight is 351 g/mol. The Bertz CT molecular complexity index is 570. The van der Waals surface area contributed by atoms with E-state index in [1.807, 2.05) is 18.7 Å². The Hall–Kier alpha value is -1.51. The van der Waals surface area contributed by atoms with E-state index in [9.17, 15) is 4.79 Å². The fourth-order valence-corrected chi connectivity index (χ4v) is 3.64. The molecule has 0 radical (unpaired) electrons. The summed E-state index contributed by atoms with van der Waals surface area (Å²) >= 11 is 0. The molecule has 3 rings (SSSR count). The zero-order valence-corrected chi connectivity index (χ0v) is 15.2. The van der Waals surface area contributed by atoms with E-state index in [-0.39, 0.29) is 24.0 Å². The molecule has 25 heavy (non-hydrogen) atoms. The van der Waals surface area contributed by atoms with Gasteiger partial charge in [-0.2, -0.15) is 4.98 Å². The van der Waals surface area contributed by atoms with Crippen molar-refractivity contribution in [1.29, 1.82) is 0 Å². The van der Waals surface area contributed by atoms with Crippen LogP contribution in [0, 0.1) is 5.92 Å². The molecule has 8 heteroatoms. The predicted octanol–water partition coefficient (Wildman–Crippen LogP) is 0.939. The minimum absolute atomic E-state index is 0.125. The Morgan fingerprint density at radius 2 is 2.12 bits per heavy atom. The number of ether oxygens (including phenoxy) is 1. The fraction of sp³-hybridized carbons (Fsp3) is 0.824. The summed E-state index contributed by atoms with van der Waals surface area (Å²) in [4.78, 5) is 21.2. The summed E-state index contributed by atoms with van der Waals surface area (Å²) in [6, 6.07) is 0.195. The number of nitrogens with zero attached hydrogens (tertiary/aromatic N) is 4. The second-order valence-corrected chi connectivity index (χ2v) is 7.02. The van der Waals surface area contributed by atoms with Crippen molar-refractivity contribution in [3.05, 3.63) is 11.7 Å². The van der Waals surface area contributed by atoms with Crippen molar-refractivity contribution >= 4 is 5.91 Å². The van der Waals surface area contributed by atoms with Gasteiger partial charge in [-0.05, 0) is 33.1 Å². The molecule has 0 bridgehead atoms. The number of nitrogens with two attached hydrogens (primary N) is 1. The molecule has 1 aromatic heterocycles. The van der Waals surface area contributed by atoms with Crippen LogP contribution < -0.4 is 5.73 Å². The number of amides is 1. The number of hydrogen-bond acceptors (Lipinski definition) is 7. The van der Waals surface area contributed by atoms with E-state index < -0.39 is 0 Å². The SMILES string of the molecule is CCOC(C)c1noc(CN2CCN(C(=O)C3CCC(N)C3)CC2)n1.